The van der Waals surface area contributed by atoms with E-state index in [9.17, 15) is 23.1 Å². The molecule has 3 rings (SSSR count). The number of nitrogens with one attached hydrogen (secondary N) is 1. The van der Waals surface area contributed by atoms with Gasteiger partial charge < -0.3 is 10.4 Å². The van der Waals surface area contributed by atoms with Crippen molar-refractivity contribution in [3.63, 3.8) is 0 Å². The van der Waals surface area contributed by atoms with Crippen molar-refractivity contribution >= 4 is 21.9 Å². The van der Waals surface area contributed by atoms with E-state index in [1.54, 1.807) is 0 Å². The molecule has 1 heterocycles. The van der Waals surface area contributed by atoms with Crippen LogP contribution in [0.3, 0.4) is 0 Å². The van der Waals surface area contributed by atoms with E-state index in [4.69, 9.17) is 0 Å². The Bertz CT molecular complexity index is 765. The summed E-state index contributed by atoms with van der Waals surface area (Å²) in [6, 6.07) is 5.61. The van der Waals surface area contributed by atoms with Gasteiger partial charge in [0.1, 0.15) is 0 Å². The van der Waals surface area contributed by atoms with Crippen LogP contribution < -0.4 is 5.32 Å². The van der Waals surface area contributed by atoms with Gasteiger partial charge in [-0.1, -0.05) is 12.1 Å². The highest BCUT2D eigenvalue weighted by atomic mass is 32.2. The zero-order chi connectivity index (χ0) is 18.0. The predicted octanol–water partition coefficient (Wildman–Crippen LogP) is 1.31. The van der Waals surface area contributed by atoms with E-state index in [-0.39, 0.29) is 35.4 Å². The summed E-state index contributed by atoms with van der Waals surface area (Å²) in [7, 11) is -3.88. The molecule has 136 valence electrons. The van der Waals surface area contributed by atoms with Crippen LogP contribution in [0, 0.1) is 11.8 Å². The number of carbonyl (C=O) groups is 2. The normalized spacial score (nSPS) is 19.5. The number of benzene rings is 1. The van der Waals surface area contributed by atoms with Crippen LogP contribution in [0.15, 0.2) is 29.2 Å². The van der Waals surface area contributed by atoms with E-state index < -0.39 is 16.0 Å². The molecule has 1 aliphatic carbocycles. The third-order valence-corrected chi connectivity index (χ3v) is 6.78. The molecule has 7 nitrogen and oxygen atoms in total. The van der Waals surface area contributed by atoms with Crippen molar-refractivity contribution in [2.24, 2.45) is 11.8 Å². The van der Waals surface area contributed by atoms with Gasteiger partial charge in [0, 0.05) is 25.6 Å². The molecule has 8 heteroatoms. The molecule has 1 amide bonds. The van der Waals surface area contributed by atoms with Gasteiger partial charge in [-0.25, -0.2) is 13.2 Å². The van der Waals surface area contributed by atoms with E-state index in [1.165, 1.54) is 41.4 Å². The number of rotatable bonds is 6. The fraction of sp³-hybridized carbons (Fsp3) is 0.529. The molecule has 1 saturated heterocycles. The lowest BCUT2D eigenvalue weighted by Crippen LogP contribution is -2.43. The molecule has 0 unspecified atom stereocenters. The van der Waals surface area contributed by atoms with Crippen LogP contribution >= 0.6 is 0 Å². The second kappa shape index (κ2) is 7.13. The maximum Gasteiger partial charge on any atom is 0.337 e. The van der Waals surface area contributed by atoms with E-state index in [0.29, 0.717) is 25.3 Å². The second-order valence-corrected chi connectivity index (χ2v) is 8.57. The van der Waals surface area contributed by atoms with Gasteiger partial charge in [-0.15, -0.1) is 0 Å². The largest absolute Gasteiger partial charge is 0.478 e. The van der Waals surface area contributed by atoms with Crippen LogP contribution in [0.4, 0.5) is 0 Å². The summed E-state index contributed by atoms with van der Waals surface area (Å²) < 4.78 is 26.8. The number of hydrogen-bond donors (Lipinski definition) is 2. The summed E-state index contributed by atoms with van der Waals surface area (Å²) in [4.78, 5) is 23.2. The van der Waals surface area contributed by atoms with E-state index in [0.717, 1.165) is 0 Å². The van der Waals surface area contributed by atoms with E-state index in [2.05, 4.69) is 5.32 Å². The van der Waals surface area contributed by atoms with Gasteiger partial charge in [0.15, 0.2) is 0 Å². The summed E-state index contributed by atoms with van der Waals surface area (Å²) in [5.41, 5.74) is -0.230. The third kappa shape index (κ3) is 4.01. The molecule has 1 aromatic rings. The van der Waals surface area contributed by atoms with Gasteiger partial charge in [-0.05, 0) is 43.7 Å². The first kappa shape index (κ1) is 17.9. The lowest BCUT2D eigenvalue weighted by atomic mass is 9.97. The van der Waals surface area contributed by atoms with Gasteiger partial charge in [0.25, 0.3) is 0 Å². The van der Waals surface area contributed by atoms with Gasteiger partial charge >= 0.3 is 5.97 Å². The van der Waals surface area contributed by atoms with Crippen LogP contribution in [-0.2, 0) is 14.8 Å². The molecule has 0 radical (unpaired) electrons. The zero-order valence-electron chi connectivity index (χ0n) is 13.8. The first-order valence-electron chi connectivity index (χ1n) is 8.50. The van der Waals surface area contributed by atoms with Crippen molar-refractivity contribution in [1.82, 2.24) is 9.62 Å². The molecule has 2 N–H and O–H groups in total. The minimum Gasteiger partial charge on any atom is -0.478 e. The first-order chi connectivity index (χ1) is 11.9. The molecular weight excluding hydrogens is 344 g/mol. The Morgan fingerprint density at radius 1 is 1.12 bits per heavy atom. The number of nitrogens with zero attached hydrogens (tertiary/aromatic N) is 1. The van der Waals surface area contributed by atoms with Gasteiger partial charge in [-0.2, -0.15) is 4.31 Å². The molecule has 25 heavy (non-hydrogen) atoms. The summed E-state index contributed by atoms with van der Waals surface area (Å²) in [6.07, 6.45) is 3.23. The number of carbonyl (C=O) groups excluding carboxylic acids is 1. The highest BCUT2D eigenvalue weighted by molar-refractivity contribution is 7.89. The van der Waals surface area contributed by atoms with Crippen LogP contribution in [0.5, 0.6) is 0 Å². The Hall–Kier alpha value is -1.93. The predicted molar refractivity (Wildman–Crippen MR) is 90.6 cm³/mol. The number of carboxylic acid groups (broad SMARTS) is 1. The standard InChI is InChI=1S/C17H22N2O5S/c20-16(18-11-12-5-6-12)13-7-9-19(10-8-13)25(23,24)15-4-2-1-3-14(15)17(21)22/h1-4,12-13H,5-11H2,(H,18,20)(H,21,22). The molecule has 1 saturated carbocycles. The van der Waals surface area contributed by atoms with Crippen molar-refractivity contribution in [2.75, 3.05) is 19.6 Å². The fourth-order valence-corrected chi connectivity index (χ4v) is 4.73. The molecule has 1 aromatic carbocycles. The second-order valence-electron chi connectivity index (χ2n) is 6.67. The van der Waals surface area contributed by atoms with Crippen molar-refractivity contribution in [3.05, 3.63) is 29.8 Å². The molecule has 0 spiro atoms. The van der Waals surface area contributed by atoms with Crippen LogP contribution in [0.2, 0.25) is 0 Å². The minimum atomic E-state index is -3.88. The van der Waals surface area contributed by atoms with Crippen molar-refractivity contribution in [2.45, 2.75) is 30.6 Å². The maximum absolute atomic E-state index is 12.8. The minimum absolute atomic E-state index is 0.00474. The van der Waals surface area contributed by atoms with Crippen molar-refractivity contribution < 1.29 is 23.1 Å². The van der Waals surface area contributed by atoms with Crippen LogP contribution in [-0.4, -0.2) is 49.3 Å². The monoisotopic (exact) mass is 366 g/mol. The van der Waals surface area contributed by atoms with E-state index >= 15 is 0 Å². The molecule has 1 aliphatic heterocycles. The Morgan fingerprint density at radius 2 is 1.76 bits per heavy atom. The van der Waals surface area contributed by atoms with Gasteiger partial charge in [-0.3, -0.25) is 4.79 Å². The molecule has 0 atom stereocenters. The van der Waals surface area contributed by atoms with Gasteiger partial charge in [0.2, 0.25) is 15.9 Å². The lowest BCUT2D eigenvalue weighted by Gasteiger charge is -2.30. The van der Waals surface area contributed by atoms with Crippen molar-refractivity contribution in [1.29, 1.82) is 0 Å². The number of hydrogen-bond acceptors (Lipinski definition) is 4. The average molecular weight is 366 g/mol. The molecule has 0 bridgehead atoms. The summed E-state index contributed by atoms with van der Waals surface area (Å²) >= 11 is 0. The first-order valence-corrected chi connectivity index (χ1v) is 9.94. The molecule has 2 fully saturated rings. The summed E-state index contributed by atoms with van der Waals surface area (Å²) in [5.74, 6) is -0.847. The number of aromatic carboxylic acids is 1. The van der Waals surface area contributed by atoms with Crippen molar-refractivity contribution in [3.8, 4) is 0 Å². The highest BCUT2D eigenvalue weighted by Gasteiger charge is 2.34. The quantitative estimate of drug-likeness (QED) is 0.790. The molecule has 0 aromatic heterocycles. The number of piperidine rings is 1. The third-order valence-electron chi connectivity index (χ3n) is 4.82. The summed E-state index contributed by atoms with van der Waals surface area (Å²) in [6.45, 7) is 1.15. The number of amides is 1. The average Bonchev–Trinajstić information content (AvgIpc) is 3.44. The molecular formula is C17H22N2O5S. The zero-order valence-corrected chi connectivity index (χ0v) is 14.7. The van der Waals surface area contributed by atoms with Crippen LogP contribution in [0.25, 0.3) is 0 Å². The number of sulfonamides is 1. The Kier molecular flexibility index (Phi) is 5.10. The Balaban J connectivity index is 1.65. The highest BCUT2D eigenvalue weighted by Crippen LogP contribution is 2.29. The number of carboxylic acids is 1. The van der Waals surface area contributed by atoms with Crippen LogP contribution in [0.1, 0.15) is 36.0 Å². The smallest absolute Gasteiger partial charge is 0.337 e. The molecule has 2 aliphatic rings. The topological polar surface area (TPSA) is 104 Å². The summed E-state index contributed by atoms with van der Waals surface area (Å²) in [5, 5.41) is 12.2. The maximum atomic E-state index is 12.8. The fourth-order valence-electron chi connectivity index (χ4n) is 3.08. The van der Waals surface area contributed by atoms with Gasteiger partial charge in [0.05, 0.1) is 10.5 Å². The SMILES string of the molecule is O=C(O)c1ccccc1S(=O)(=O)N1CCC(C(=O)NCC2CC2)CC1. The Labute approximate surface area is 147 Å². The van der Waals surface area contributed by atoms with E-state index in [1.807, 2.05) is 0 Å². The lowest BCUT2D eigenvalue weighted by molar-refractivity contribution is -0.126. The Morgan fingerprint density at radius 3 is 2.36 bits per heavy atom.